The summed E-state index contributed by atoms with van der Waals surface area (Å²) in [5, 5.41) is 9.33. The topological polar surface area (TPSA) is 144 Å². The number of rotatable bonds is 16. The molecule has 2 aliphatic heterocycles. The third-order valence-electron chi connectivity index (χ3n) is 11.2. The van der Waals surface area contributed by atoms with Gasteiger partial charge in [0.1, 0.15) is 17.3 Å². The van der Waals surface area contributed by atoms with Gasteiger partial charge in [0.05, 0.1) is 39.5 Å². The molecule has 7 rings (SSSR count). The predicted molar refractivity (Wildman–Crippen MR) is 227 cm³/mol. The fourth-order valence-corrected chi connectivity index (χ4v) is 7.92. The highest BCUT2D eigenvalue weighted by Gasteiger charge is 2.34. The van der Waals surface area contributed by atoms with E-state index in [9.17, 15) is 14.4 Å². The normalized spacial score (nSPS) is 15.9. The predicted octanol–water partition coefficient (Wildman–Crippen LogP) is 6.94. The number of amides is 4. The molecule has 3 heterocycles. The number of hydrogen-bond donors (Lipinski definition) is 3. The van der Waals surface area contributed by atoms with Gasteiger partial charge in [0, 0.05) is 86.2 Å². The van der Waals surface area contributed by atoms with Gasteiger partial charge in [-0.25, -0.2) is 9.78 Å². The van der Waals surface area contributed by atoms with Crippen molar-refractivity contribution in [1.82, 2.24) is 20.2 Å². The van der Waals surface area contributed by atoms with Crippen LogP contribution in [0.3, 0.4) is 0 Å². The number of carbonyl (C=O) groups excluding carboxylic acids is 3. The molecular formula is C44H55N9O5. The minimum Gasteiger partial charge on any atom is -0.497 e. The number of fused-ring (bicyclic) bond motifs is 1. The van der Waals surface area contributed by atoms with Crippen molar-refractivity contribution in [2.24, 2.45) is 5.92 Å². The summed E-state index contributed by atoms with van der Waals surface area (Å²) in [6, 6.07) is 20.7. The quantitative estimate of drug-likeness (QED) is 0.102. The van der Waals surface area contributed by atoms with Crippen LogP contribution in [0, 0.1) is 5.92 Å². The highest BCUT2D eigenvalue weighted by atomic mass is 16.5. The fraction of sp³-hybridized carbons (Fsp3) is 0.432. The zero-order valence-corrected chi connectivity index (χ0v) is 33.8. The van der Waals surface area contributed by atoms with Gasteiger partial charge in [-0.1, -0.05) is 44.7 Å². The molecule has 3 aromatic carbocycles. The Morgan fingerprint density at radius 2 is 1.53 bits per heavy atom. The third kappa shape index (κ3) is 10.2. The van der Waals surface area contributed by atoms with Crippen LogP contribution < -0.4 is 40.1 Å². The van der Waals surface area contributed by atoms with Crippen molar-refractivity contribution >= 4 is 52.4 Å². The molecule has 1 aliphatic carbocycles. The van der Waals surface area contributed by atoms with Crippen molar-refractivity contribution in [2.75, 3.05) is 78.8 Å². The molecule has 4 amide bonds. The average molecular weight is 790 g/mol. The van der Waals surface area contributed by atoms with Crippen LogP contribution >= 0.6 is 0 Å². The molecule has 1 aromatic heterocycles. The molecule has 3 N–H and O–H groups in total. The largest absolute Gasteiger partial charge is 0.497 e. The maximum atomic E-state index is 14.4. The summed E-state index contributed by atoms with van der Waals surface area (Å²) in [4.78, 5) is 56.3. The summed E-state index contributed by atoms with van der Waals surface area (Å²) >= 11 is 0. The number of carbonyl (C=O) groups is 3. The number of hydrogen-bond acceptors (Lipinski definition) is 10. The van der Waals surface area contributed by atoms with Crippen LogP contribution in [0.4, 0.5) is 39.3 Å². The van der Waals surface area contributed by atoms with E-state index in [0.29, 0.717) is 47.6 Å². The lowest BCUT2D eigenvalue weighted by Gasteiger charge is -2.36. The molecule has 58 heavy (non-hydrogen) atoms. The van der Waals surface area contributed by atoms with Crippen LogP contribution in [0.25, 0.3) is 0 Å². The van der Waals surface area contributed by atoms with Gasteiger partial charge in [0.15, 0.2) is 0 Å². The summed E-state index contributed by atoms with van der Waals surface area (Å²) in [6.07, 6.45) is 9.87. The van der Waals surface area contributed by atoms with E-state index < -0.39 is 0 Å². The lowest BCUT2D eigenvalue weighted by atomic mass is 10.0. The van der Waals surface area contributed by atoms with E-state index in [1.165, 1.54) is 32.1 Å². The van der Waals surface area contributed by atoms with Gasteiger partial charge < -0.3 is 30.3 Å². The molecule has 4 aromatic rings. The number of benzene rings is 3. The zero-order valence-electron chi connectivity index (χ0n) is 33.8. The lowest BCUT2D eigenvalue weighted by molar-refractivity contribution is -0.122. The van der Waals surface area contributed by atoms with Crippen molar-refractivity contribution in [3.05, 3.63) is 84.1 Å². The van der Waals surface area contributed by atoms with Crippen molar-refractivity contribution < 1.29 is 23.9 Å². The van der Waals surface area contributed by atoms with Crippen LogP contribution in [-0.2, 0) is 22.7 Å². The van der Waals surface area contributed by atoms with Crippen LogP contribution in [0.1, 0.15) is 63.0 Å². The average Bonchev–Trinajstić information content (AvgIpc) is 3.78. The Morgan fingerprint density at radius 3 is 2.21 bits per heavy atom. The second kappa shape index (κ2) is 19.0. The monoisotopic (exact) mass is 789 g/mol. The zero-order chi connectivity index (χ0) is 40.4. The summed E-state index contributed by atoms with van der Waals surface area (Å²) in [5.74, 6) is 2.90. The van der Waals surface area contributed by atoms with E-state index in [2.05, 4.69) is 42.9 Å². The van der Waals surface area contributed by atoms with Crippen molar-refractivity contribution in [3.63, 3.8) is 0 Å². The van der Waals surface area contributed by atoms with Crippen LogP contribution in [0.15, 0.2) is 72.9 Å². The second-order valence-corrected chi connectivity index (χ2v) is 15.2. The van der Waals surface area contributed by atoms with E-state index in [4.69, 9.17) is 14.5 Å². The number of urea groups is 1. The molecule has 14 nitrogen and oxygen atoms in total. The van der Waals surface area contributed by atoms with E-state index in [-0.39, 0.29) is 30.9 Å². The highest BCUT2D eigenvalue weighted by molar-refractivity contribution is 6.05. The molecule has 14 heteroatoms. The van der Waals surface area contributed by atoms with Crippen LogP contribution in [0.2, 0.25) is 0 Å². The Labute approximate surface area is 340 Å². The molecule has 0 bridgehead atoms. The maximum absolute atomic E-state index is 14.4. The Bertz CT molecular complexity index is 2010. The molecule has 1 saturated heterocycles. The Morgan fingerprint density at radius 1 is 0.845 bits per heavy atom. The van der Waals surface area contributed by atoms with Gasteiger partial charge in [-0.2, -0.15) is 4.98 Å². The van der Waals surface area contributed by atoms with Gasteiger partial charge in [0.2, 0.25) is 17.8 Å². The first-order valence-corrected chi connectivity index (χ1v) is 20.5. The molecule has 0 radical (unpaired) electrons. The molecule has 306 valence electrons. The van der Waals surface area contributed by atoms with Crippen molar-refractivity contribution in [1.29, 1.82) is 0 Å². The number of aromatic nitrogens is 2. The van der Waals surface area contributed by atoms with E-state index in [1.807, 2.05) is 36.4 Å². The Kier molecular flexibility index (Phi) is 13.2. The highest BCUT2D eigenvalue weighted by Crippen LogP contribution is 2.36. The summed E-state index contributed by atoms with van der Waals surface area (Å²) < 4.78 is 11.0. The first kappa shape index (κ1) is 40.3. The van der Waals surface area contributed by atoms with Gasteiger partial charge >= 0.3 is 6.03 Å². The molecule has 0 spiro atoms. The van der Waals surface area contributed by atoms with Crippen LogP contribution in [-0.4, -0.2) is 86.2 Å². The number of anilines is 6. The molecule has 0 unspecified atom stereocenters. The molecule has 1 saturated carbocycles. The molecular weight excluding hydrogens is 735 g/mol. The van der Waals surface area contributed by atoms with Crippen molar-refractivity contribution in [2.45, 2.75) is 65.0 Å². The lowest BCUT2D eigenvalue weighted by Crippen LogP contribution is -2.49. The first-order chi connectivity index (χ1) is 28.3. The van der Waals surface area contributed by atoms with Gasteiger partial charge in [-0.05, 0) is 60.7 Å². The van der Waals surface area contributed by atoms with Crippen molar-refractivity contribution in [3.8, 4) is 11.5 Å². The standard InChI is InChI=1S/C44H55N9O5/c1-4-40(54)47-34-13-11-32(12-14-34)28-53-42-33(29-52(44(53)56)37-24-38(57-2)26-39(25-37)58-3)27-46-43(49-42)48-35-15-17-36(18-16-35)51-22-20-50(21-23-51)30-41(55)45-19-7-10-31-8-5-6-9-31/h11-18,24-27,31H,4-10,19-23,28-30H2,1-3H3,(H,45,55)(H,47,54)(H,46,48,49). The van der Waals surface area contributed by atoms with Gasteiger partial charge in [-0.3, -0.25) is 24.3 Å². The van der Waals surface area contributed by atoms with E-state index >= 15 is 0 Å². The Balaban J connectivity index is 1.00. The Hall–Kier alpha value is -5.89. The number of piperazine rings is 1. The summed E-state index contributed by atoms with van der Waals surface area (Å²) in [6.45, 7) is 6.85. The SMILES string of the molecule is CCC(=O)Nc1ccc(CN2C(=O)N(c3cc(OC)cc(OC)c3)Cc3cnc(Nc4ccc(N5CCN(CC(=O)NCCCC6CCCC6)CC5)cc4)nc32)cc1. The van der Waals surface area contributed by atoms with E-state index in [0.717, 1.165) is 67.6 Å². The van der Waals surface area contributed by atoms with Gasteiger partial charge in [-0.15, -0.1) is 0 Å². The number of ether oxygens (including phenoxy) is 2. The fourth-order valence-electron chi connectivity index (χ4n) is 7.92. The third-order valence-corrected chi connectivity index (χ3v) is 11.2. The molecule has 0 atom stereocenters. The first-order valence-electron chi connectivity index (χ1n) is 20.5. The second-order valence-electron chi connectivity index (χ2n) is 15.2. The van der Waals surface area contributed by atoms with E-state index in [1.54, 1.807) is 55.3 Å². The minimum absolute atomic E-state index is 0.0705. The van der Waals surface area contributed by atoms with Crippen LogP contribution in [0.5, 0.6) is 11.5 Å². The number of nitrogens with one attached hydrogen (secondary N) is 3. The minimum atomic E-state index is -0.268. The number of methoxy groups -OCH3 is 2. The molecule has 2 fully saturated rings. The van der Waals surface area contributed by atoms with Gasteiger partial charge in [0.25, 0.3) is 0 Å². The maximum Gasteiger partial charge on any atom is 0.330 e. The smallest absolute Gasteiger partial charge is 0.330 e. The summed E-state index contributed by atoms with van der Waals surface area (Å²) in [7, 11) is 3.15. The molecule has 3 aliphatic rings. The number of nitrogens with zero attached hydrogens (tertiary/aromatic N) is 6. The summed E-state index contributed by atoms with van der Waals surface area (Å²) in [5.41, 5.74) is 4.85.